The van der Waals surface area contributed by atoms with E-state index in [9.17, 15) is 13.2 Å². The van der Waals surface area contributed by atoms with Crippen molar-refractivity contribution in [2.75, 3.05) is 0 Å². The molecule has 0 fully saturated rings. The van der Waals surface area contributed by atoms with Crippen molar-refractivity contribution in [1.82, 2.24) is 5.06 Å². The third kappa shape index (κ3) is 4.28. The lowest BCUT2D eigenvalue weighted by Gasteiger charge is -2.36. The van der Waals surface area contributed by atoms with Crippen molar-refractivity contribution in [1.29, 1.82) is 0 Å². The number of hydrogen-bond acceptors (Lipinski definition) is 6. The third-order valence-corrected chi connectivity index (χ3v) is 3.97. The van der Waals surface area contributed by atoms with Gasteiger partial charge in [0.05, 0.1) is 5.56 Å². The van der Waals surface area contributed by atoms with Gasteiger partial charge in [-0.2, -0.15) is 10.1 Å². The highest BCUT2D eigenvalue weighted by Crippen LogP contribution is 2.28. The summed E-state index contributed by atoms with van der Waals surface area (Å²) in [4.78, 5) is 13.5. The first-order valence-electron chi connectivity index (χ1n) is 8.04. The summed E-state index contributed by atoms with van der Waals surface area (Å²) < 4.78 is 42.2. The van der Waals surface area contributed by atoms with E-state index >= 15 is 0 Å². The molecule has 4 N–H and O–H groups in total. The highest BCUT2D eigenvalue weighted by molar-refractivity contribution is 8.93. The van der Waals surface area contributed by atoms with Gasteiger partial charge in [0.15, 0.2) is 5.66 Å². The standard InChI is InChI=1S/C18H18F3N5O.BrH/c1-18(2)25-16(22)24-17(23)26(18)27-9-11-8-10(6-7-12(11)19)15-13(20)4-3-5-14(15)21;/h3-8H,9H2,1-2H3,(H4,22,23,24,25);1H. The van der Waals surface area contributed by atoms with E-state index in [-0.39, 0.29) is 52.2 Å². The summed E-state index contributed by atoms with van der Waals surface area (Å²) in [6, 6.07) is 7.26. The van der Waals surface area contributed by atoms with Crippen LogP contribution >= 0.6 is 17.0 Å². The lowest BCUT2D eigenvalue weighted by molar-refractivity contribution is -0.167. The fourth-order valence-corrected chi connectivity index (χ4v) is 2.77. The molecule has 1 aliphatic heterocycles. The Bertz CT molecular complexity index is 929. The third-order valence-electron chi connectivity index (χ3n) is 3.97. The fraction of sp³-hybridized carbons (Fsp3) is 0.222. The summed E-state index contributed by atoms with van der Waals surface area (Å²) in [6.45, 7) is 3.11. The van der Waals surface area contributed by atoms with E-state index in [4.69, 9.17) is 16.3 Å². The molecule has 2 aromatic rings. The second-order valence-corrected chi connectivity index (χ2v) is 6.41. The van der Waals surface area contributed by atoms with Crippen molar-refractivity contribution in [3.8, 4) is 11.1 Å². The van der Waals surface area contributed by atoms with Crippen molar-refractivity contribution < 1.29 is 18.0 Å². The van der Waals surface area contributed by atoms with Gasteiger partial charge in [0.25, 0.3) is 0 Å². The van der Waals surface area contributed by atoms with E-state index in [2.05, 4.69) is 9.98 Å². The van der Waals surface area contributed by atoms with Crippen molar-refractivity contribution in [2.24, 2.45) is 21.5 Å². The van der Waals surface area contributed by atoms with Gasteiger partial charge in [0.2, 0.25) is 11.9 Å². The summed E-state index contributed by atoms with van der Waals surface area (Å²) in [5.41, 5.74) is 10.5. The van der Waals surface area contributed by atoms with E-state index in [1.54, 1.807) is 13.8 Å². The van der Waals surface area contributed by atoms with Gasteiger partial charge in [-0.15, -0.1) is 17.0 Å². The minimum Gasteiger partial charge on any atom is -0.368 e. The van der Waals surface area contributed by atoms with Gasteiger partial charge in [-0.3, -0.25) is 4.84 Å². The molecule has 0 saturated carbocycles. The minimum atomic E-state index is -0.957. The van der Waals surface area contributed by atoms with Crippen LogP contribution in [0.1, 0.15) is 19.4 Å². The van der Waals surface area contributed by atoms with E-state index in [1.807, 2.05) is 0 Å². The maximum atomic E-state index is 14.2. The molecule has 0 spiro atoms. The molecule has 28 heavy (non-hydrogen) atoms. The highest BCUT2D eigenvalue weighted by atomic mass is 79.9. The number of guanidine groups is 2. The predicted molar refractivity (Wildman–Crippen MR) is 106 cm³/mol. The van der Waals surface area contributed by atoms with Crippen molar-refractivity contribution in [3.63, 3.8) is 0 Å². The first-order chi connectivity index (χ1) is 12.7. The van der Waals surface area contributed by atoms with Gasteiger partial charge >= 0.3 is 0 Å². The first kappa shape index (κ1) is 21.7. The number of nitrogens with zero attached hydrogens (tertiary/aromatic N) is 3. The molecule has 0 aromatic heterocycles. The molecule has 1 aliphatic rings. The van der Waals surface area contributed by atoms with Crippen LogP contribution in [-0.2, 0) is 11.4 Å². The number of benzene rings is 2. The normalized spacial score (nSPS) is 15.5. The van der Waals surface area contributed by atoms with Crippen LogP contribution in [0, 0.1) is 17.5 Å². The first-order valence-corrected chi connectivity index (χ1v) is 8.04. The maximum absolute atomic E-state index is 14.2. The zero-order valence-electron chi connectivity index (χ0n) is 15.1. The Morgan fingerprint density at radius 2 is 1.68 bits per heavy atom. The highest BCUT2D eigenvalue weighted by Gasteiger charge is 2.33. The molecule has 0 saturated heterocycles. The molecule has 0 atom stereocenters. The van der Waals surface area contributed by atoms with Crippen LogP contribution in [0.15, 0.2) is 46.4 Å². The lowest BCUT2D eigenvalue weighted by Crippen LogP contribution is -2.53. The predicted octanol–water partition coefficient (Wildman–Crippen LogP) is 3.46. The van der Waals surface area contributed by atoms with Crippen molar-refractivity contribution in [3.05, 3.63) is 59.4 Å². The van der Waals surface area contributed by atoms with Crippen molar-refractivity contribution >= 4 is 28.9 Å². The Kier molecular flexibility index (Phi) is 6.35. The van der Waals surface area contributed by atoms with Gasteiger partial charge < -0.3 is 11.5 Å². The second kappa shape index (κ2) is 8.19. The zero-order valence-corrected chi connectivity index (χ0v) is 16.8. The lowest BCUT2D eigenvalue weighted by atomic mass is 10.0. The average molecular weight is 458 g/mol. The molecular weight excluding hydrogens is 439 g/mol. The SMILES string of the molecule is Br.CC1(C)N=C(N)N=C(N)N1OCc1cc(-c2c(F)cccc2F)ccc1F. The molecule has 6 nitrogen and oxygen atoms in total. The van der Waals surface area contributed by atoms with Crippen LogP contribution < -0.4 is 11.5 Å². The fourth-order valence-electron chi connectivity index (χ4n) is 2.77. The van der Waals surface area contributed by atoms with Crippen LogP contribution in [-0.4, -0.2) is 22.6 Å². The largest absolute Gasteiger partial charge is 0.368 e. The summed E-state index contributed by atoms with van der Waals surface area (Å²) in [6.07, 6.45) is 0. The van der Waals surface area contributed by atoms with Gasteiger partial charge in [-0.1, -0.05) is 12.1 Å². The van der Waals surface area contributed by atoms with E-state index in [0.29, 0.717) is 0 Å². The molecule has 3 rings (SSSR count). The minimum absolute atomic E-state index is 0. The number of hydrogen-bond donors (Lipinski definition) is 2. The molecule has 0 aliphatic carbocycles. The Hall–Kier alpha value is -2.59. The molecule has 0 bridgehead atoms. The molecule has 0 amide bonds. The Balaban J connectivity index is 0.00000280. The Morgan fingerprint density at radius 1 is 1.04 bits per heavy atom. The zero-order chi connectivity index (χ0) is 19.8. The summed E-state index contributed by atoms with van der Waals surface area (Å²) in [5.74, 6) is -2.12. The molecule has 150 valence electrons. The Labute approximate surface area is 170 Å². The van der Waals surface area contributed by atoms with Gasteiger partial charge in [-0.25, -0.2) is 18.2 Å². The van der Waals surface area contributed by atoms with Crippen LogP contribution in [0.25, 0.3) is 11.1 Å². The number of rotatable bonds is 4. The topological polar surface area (TPSA) is 89.2 Å². The molecular formula is C18H19BrF3N5O. The molecule has 1 heterocycles. The van der Waals surface area contributed by atoms with E-state index in [0.717, 1.165) is 18.2 Å². The summed E-state index contributed by atoms with van der Waals surface area (Å²) in [5, 5.41) is 1.19. The van der Waals surface area contributed by atoms with Crippen LogP contribution in [0.5, 0.6) is 0 Å². The summed E-state index contributed by atoms with van der Waals surface area (Å²) >= 11 is 0. The molecule has 10 heteroatoms. The van der Waals surface area contributed by atoms with Gasteiger partial charge in [-0.05, 0) is 43.7 Å². The van der Waals surface area contributed by atoms with Gasteiger partial charge in [0.1, 0.15) is 24.1 Å². The average Bonchev–Trinajstić information content (AvgIpc) is 2.55. The van der Waals surface area contributed by atoms with Gasteiger partial charge in [0, 0.05) is 5.56 Å². The monoisotopic (exact) mass is 457 g/mol. The number of hydroxylamine groups is 2. The van der Waals surface area contributed by atoms with E-state index < -0.39 is 23.1 Å². The van der Waals surface area contributed by atoms with E-state index in [1.165, 1.54) is 23.3 Å². The quantitative estimate of drug-likeness (QED) is 0.735. The second-order valence-electron chi connectivity index (χ2n) is 6.41. The summed E-state index contributed by atoms with van der Waals surface area (Å²) in [7, 11) is 0. The van der Waals surface area contributed by atoms with Crippen LogP contribution in [0.2, 0.25) is 0 Å². The smallest absolute Gasteiger partial charge is 0.226 e. The number of nitrogens with two attached hydrogens (primary N) is 2. The van der Waals surface area contributed by atoms with Crippen LogP contribution in [0.4, 0.5) is 13.2 Å². The molecule has 0 radical (unpaired) electrons. The maximum Gasteiger partial charge on any atom is 0.226 e. The van der Waals surface area contributed by atoms with Crippen LogP contribution in [0.3, 0.4) is 0 Å². The molecule has 0 unspecified atom stereocenters. The number of aliphatic imine (C=N–C) groups is 2. The van der Waals surface area contributed by atoms with Crippen molar-refractivity contribution in [2.45, 2.75) is 26.1 Å². The molecule has 2 aromatic carbocycles. The Morgan fingerprint density at radius 3 is 2.29 bits per heavy atom. The number of halogens is 4.